The molecule has 0 radical (unpaired) electrons. The van der Waals surface area contributed by atoms with Crippen molar-refractivity contribution in [2.75, 3.05) is 6.61 Å². The monoisotopic (exact) mass is 351 g/mol. The Morgan fingerprint density at radius 3 is 2.62 bits per heavy atom. The zero-order valence-corrected chi connectivity index (χ0v) is 13.8. The summed E-state index contributed by atoms with van der Waals surface area (Å²) >= 11 is 5.85. The average molecular weight is 352 g/mol. The molecule has 8 heteroatoms. The van der Waals surface area contributed by atoms with E-state index in [1.807, 2.05) is 13.8 Å². The minimum Gasteiger partial charge on any atom is -0.376 e. The molecule has 1 aromatic rings. The highest BCUT2D eigenvalue weighted by Gasteiger charge is 2.38. The molecule has 0 saturated carbocycles. The second-order valence-corrected chi connectivity index (χ2v) is 8.25. The zero-order valence-electron chi connectivity index (χ0n) is 11.5. The van der Waals surface area contributed by atoms with E-state index in [1.54, 1.807) is 0 Å². The summed E-state index contributed by atoms with van der Waals surface area (Å²) in [7, 11) is 1.34. The minimum absolute atomic E-state index is 0.128. The van der Waals surface area contributed by atoms with Crippen molar-refractivity contribution in [2.24, 2.45) is 0 Å². The van der Waals surface area contributed by atoms with E-state index in [0.29, 0.717) is 13.0 Å². The van der Waals surface area contributed by atoms with Crippen molar-refractivity contribution in [1.82, 2.24) is 5.32 Å². The molecule has 1 aliphatic rings. The normalized spacial score (nSPS) is 25.8. The first-order chi connectivity index (χ1) is 9.62. The average Bonchev–Trinajstić information content (AvgIpc) is 2.67. The minimum atomic E-state index is -3.95. The molecule has 2 atom stereocenters. The third-order valence-corrected chi connectivity index (χ3v) is 5.25. The summed E-state index contributed by atoms with van der Waals surface area (Å²) in [6, 6.07) is 3.80. The first-order valence-electron chi connectivity index (χ1n) is 6.31. The third-order valence-electron chi connectivity index (χ3n) is 3.70. The number of amides is 1. The van der Waals surface area contributed by atoms with Crippen molar-refractivity contribution in [1.29, 1.82) is 0 Å². The van der Waals surface area contributed by atoms with Crippen molar-refractivity contribution in [2.45, 2.75) is 36.8 Å². The zero-order chi connectivity index (χ0) is 15.8. The predicted octanol–water partition coefficient (Wildman–Crippen LogP) is 2.56. The summed E-state index contributed by atoms with van der Waals surface area (Å²) in [4.78, 5) is 12.1. The molecule has 0 bridgehead atoms. The quantitative estimate of drug-likeness (QED) is 0.849. The number of benzene rings is 1. The standard InChI is InChI=1S/C13H15Cl2NO4S/c1-8-13(2,3-4-20-8)16-12(17)9-5-10(14)7-11(6-9)21(15,18)19/h5-8H,3-4H2,1-2H3,(H,16,17). The van der Waals surface area contributed by atoms with Crippen LogP contribution in [0.5, 0.6) is 0 Å². The van der Waals surface area contributed by atoms with E-state index in [-0.39, 0.29) is 21.6 Å². The van der Waals surface area contributed by atoms with E-state index in [9.17, 15) is 13.2 Å². The maximum atomic E-state index is 12.3. The molecule has 1 saturated heterocycles. The highest BCUT2D eigenvalue weighted by molar-refractivity contribution is 8.13. The molecule has 0 aliphatic carbocycles. The summed E-state index contributed by atoms with van der Waals surface area (Å²) in [6.45, 7) is 4.32. The molecule has 1 aliphatic heterocycles. The van der Waals surface area contributed by atoms with E-state index in [1.165, 1.54) is 18.2 Å². The number of carbonyl (C=O) groups excluding carboxylic acids is 1. The number of hydrogen-bond donors (Lipinski definition) is 1. The van der Waals surface area contributed by atoms with E-state index in [0.717, 1.165) is 0 Å². The van der Waals surface area contributed by atoms with Crippen LogP contribution in [0.4, 0.5) is 0 Å². The summed E-state index contributed by atoms with van der Waals surface area (Å²) in [6.07, 6.45) is 0.554. The number of halogens is 2. The van der Waals surface area contributed by atoms with Crippen LogP contribution in [-0.4, -0.2) is 32.6 Å². The Bertz CT molecular complexity index is 677. The van der Waals surface area contributed by atoms with Gasteiger partial charge >= 0.3 is 0 Å². The molecule has 5 nitrogen and oxygen atoms in total. The molecule has 21 heavy (non-hydrogen) atoms. The lowest BCUT2D eigenvalue weighted by molar-refractivity contribution is 0.0727. The predicted molar refractivity (Wildman–Crippen MR) is 80.4 cm³/mol. The van der Waals surface area contributed by atoms with E-state index < -0.39 is 20.5 Å². The number of ether oxygens (including phenoxy) is 1. The fourth-order valence-corrected chi connectivity index (χ4v) is 3.27. The SMILES string of the molecule is CC1OCCC1(C)NC(=O)c1cc(Cl)cc(S(=O)(=O)Cl)c1. The van der Waals surface area contributed by atoms with Crippen LogP contribution in [-0.2, 0) is 13.8 Å². The lowest BCUT2D eigenvalue weighted by Gasteiger charge is -2.29. The van der Waals surface area contributed by atoms with Gasteiger partial charge in [0.25, 0.3) is 15.0 Å². The van der Waals surface area contributed by atoms with Gasteiger partial charge in [0.05, 0.1) is 16.5 Å². The molecule has 1 fully saturated rings. The maximum absolute atomic E-state index is 12.3. The molecule has 0 spiro atoms. The Morgan fingerprint density at radius 1 is 1.43 bits per heavy atom. The summed E-state index contributed by atoms with van der Waals surface area (Å²) in [5.41, 5.74) is -0.360. The fourth-order valence-electron chi connectivity index (χ4n) is 2.17. The van der Waals surface area contributed by atoms with Gasteiger partial charge in [-0.2, -0.15) is 0 Å². The lowest BCUT2D eigenvalue weighted by atomic mass is 9.94. The Morgan fingerprint density at radius 2 is 2.10 bits per heavy atom. The van der Waals surface area contributed by atoms with Gasteiger partial charge in [0, 0.05) is 27.9 Å². The van der Waals surface area contributed by atoms with Gasteiger partial charge in [-0.3, -0.25) is 4.79 Å². The molecule has 2 rings (SSSR count). The molecular weight excluding hydrogens is 337 g/mol. The highest BCUT2D eigenvalue weighted by Crippen LogP contribution is 2.27. The summed E-state index contributed by atoms with van der Waals surface area (Å²) in [5.74, 6) is -0.418. The van der Waals surface area contributed by atoms with Gasteiger partial charge in [0.2, 0.25) is 0 Å². The Balaban J connectivity index is 2.30. The molecule has 1 amide bonds. The van der Waals surface area contributed by atoms with E-state index >= 15 is 0 Å². The lowest BCUT2D eigenvalue weighted by Crippen LogP contribution is -2.50. The van der Waals surface area contributed by atoms with Crippen LogP contribution >= 0.6 is 22.3 Å². The number of hydrogen-bond acceptors (Lipinski definition) is 4. The van der Waals surface area contributed by atoms with Gasteiger partial charge in [-0.05, 0) is 38.5 Å². The second kappa shape index (κ2) is 5.76. The Hall–Kier alpha value is -0.820. The largest absolute Gasteiger partial charge is 0.376 e. The molecule has 2 unspecified atom stereocenters. The van der Waals surface area contributed by atoms with Crippen LogP contribution in [0, 0.1) is 0 Å². The van der Waals surface area contributed by atoms with Gasteiger partial charge < -0.3 is 10.1 Å². The van der Waals surface area contributed by atoms with Gasteiger partial charge in [-0.25, -0.2) is 8.42 Å². The molecule has 1 N–H and O–H groups in total. The Labute approximate surface area is 133 Å². The van der Waals surface area contributed by atoms with Crippen molar-refractivity contribution in [3.05, 3.63) is 28.8 Å². The van der Waals surface area contributed by atoms with Crippen LogP contribution in [0.25, 0.3) is 0 Å². The molecule has 116 valence electrons. The Kier molecular flexibility index (Phi) is 4.54. The van der Waals surface area contributed by atoms with Crippen LogP contribution in [0.15, 0.2) is 23.1 Å². The number of rotatable bonds is 3. The van der Waals surface area contributed by atoms with Crippen molar-refractivity contribution in [3.63, 3.8) is 0 Å². The smallest absolute Gasteiger partial charge is 0.261 e. The van der Waals surface area contributed by atoms with Crippen LogP contribution in [0.3, 0.4) is 0 Å². The number of nitrogens with one attached hydrogen (secondary N) is 1. The van der Waals surface area contributed by atoms with Crippen molar-refractivity contribution >= 4 is 37.2 Å². The van der Waals surface area contributed by atoms with Gasteiger partial charge in [0.15, 0.2) is 0 Å². The van der Waals surface area contributed by atoms with Crippen LogP contribution in [0.2, 0.25) is 5.02 Å². The summed E-state index contributed by atoms with van der Waals surface area (Å²) in [5, 5.41) is 2.99. The van der Waals surface area contributed by atoms with E-state index in [4.69, 9.17) is 27.0 Å². The molecule has 1 aromatic carbocycles. The van der Waals surface area contributed by atoms with Crippen molar-refractivity contribution < 1.29 is 17.9 Å². The molecule has 0 aromatic heterocycles. The van der Waals surface area contributed by atoms with Gasteiger partial charge in [-0.1, -0.05) is 11.6 Å². The van der Waals surface area contributed by atoms with Crippen LogP contribution in [0.1, 0.15) is 30.6 Å². The first-order valence-corrected chi connectivity index (χ1v) is 9.00. The third kappa shape index (κ3) is 3.69. The van der Waals surface area contributed by atoms with Crippen LogP contribution < -0.4 is 5.32 Å². The molecular formula is C13H15Cl2NO4S. The van der Waals surface area contributed by atoms with Gasteiger partial charge in [-0.15, -0.1) is 0 Å². The van der Waals surface area contributed by atoms with Crippen molar-refractivity contribution in [3.8, 4) is 0 Å². The summed E-state index contributed by atoms with van der Waals surface area (Å²) < 4.78 is 28.2. The fraction of sp³-hybridized carbons (Fsp3) is 0.462. The molecule has 1 heterocycles. The topological polar surface area (TPSA) is 72.5 Å². The van der Waals surface area contributed by atoms with Gasteiger partial charge in [0.1, 0.15) is 0 Å². The number of carbonyl (C=O) groups is 1. The maximum Gasteiger partial charge on any atom is 0.261 e. The second-order valence-electron chi connectivity index (χ2n) is 5.25. The van der Waals surface area contributed by atoms with E-state index in [2.05, 4.69) is 5.32 Å². The highest BCUT2D eigenvalue weighted by atomic mass is 35.7. The first kappa shape index (κ1) is 16.5.